The first-order valence-electron chi connectivity index (χ1n) is 4.77. The summed E-state index contributed by atoms with van der Waals surface area (Å²) in [5, 5.41) is 11.7. The number of aromatic nitrogens is 3. The van der Waals surface area contributed by atoms with Gasteiger partial charge >= 0.3 is 0 Å². The van der Waals surface area contributed by atoms with E-state index in [9.17, 15) is 8.42 Å². The number of hydrogen-bond acceptors (Lipinski definition) is 6. The van der Waals surface area contributed by atoms with E-state index in [0.29, 0.717) is 12.3 Å². The van der Waals surface area contributed by atoms with Gasteiger partial charge in [-0.1, -0.05) is 11.8 Å². The highest BCUT2D eigenvalue weighted by Gasteiger charge is 2.09. The number of sulfone groups is 1. The van der Waals surface area contributed by atoms with Gasteiger partial charge in [-0.25, -0.2) is 8.42 Å². The van der Waals surface area contributed by atoms with Gasteiger partial charge in [-0.05, 0) is 7.05 Å². The standard InChI is InChI=1S/C8H16N4O2S2.ClH/c1-9-6-7-10-11-8(12(7)2)15-4-5-16(3,13)14;/h9H,4-6H2,1-3H3;1H. The number of thioether (sulfide) groups is 1. The van der Waals surface area contributed by atoms with Gasteiger partial charge in [0, 0.05) is 19.1 Å². The molecule has 0 aromatic carbocycles. The third-order valence-corrected chi connectivity index (χ3v) is 4.17. The van der Waals surface area contributed by atoms with Gasteiger partial charge in [0.25, 0.3) is 0 Å². The summed E-state index contributed by atoms with van der Waals surface area (Å²) < 4.78 is 23.8. The third kappa shape index (κ3) is 5.71. The van der Waals surface area contributed by atoms with Crippen LogP contribution in [0.25, 0.3) is 0 Å². The fourth-order valence-corrected chi connectivity index (χ4v) is 3.19. The number of hydrogen-bond donors (Lipinski definition) is 1. The Morgan fingerprint density at radius 3 is 2.59 bits per heavy atom. The maximum Gasteiger partial charge on any atom is 0.191 e. The van der Waals surface area contributed by atoms with Crippen LogP contribution in [0.15, 0.2) is 5.16 Å². The van der Waals surface area contributed by atoms with Crippen LogP contribution in [-0.2, 0) is 23.4 Å². The van der Waals surface area contributed by atoms with E-state index in [0.717, 1.165) is 11.0 Å². The molecule has 0 radical (unpaired) electrons. The zero-order chi connectivity index (χ0) is 12.2. The molecule has 0 atom stereocenters. The zero-order valence-electron chi connectivity index (χ0n) is 10.0. The molecule has 0 unspecified atom stereocenters. The Kier molecular flexibility index (Phi) is 7.07. The van der Waals surface area contributed by atoms with Crippen molar-refractivity contribution < 1.29 is 8.42 Å². The topological polar surface area (TPSA) is 76.9 Å². The third-order valence-electron chi connectivity index (χ3n) is 1.95. The first-order chi connectivity index (χ1) is 7.44. The lowest BCUT2D eigenvalue weighted by Crippen LogP contribution is -2.11. The average Bonchev–Trinajstić information content (AvgIpc) is 2.48. The van der Waals surface area contributed by atoms with E-state index < -0.39 is 9.84 Å². The lowest BCUT2D eigenvalue weighted by Gasteiger charge is -2.02. The molecule has 0 spiro atoms. The van der Waals surface area contributed by atoms with Crippen molar-refractivity contribution in [2.24, 2.45) is 7.05 Å². The Morgan fingerprint density at radius 2 is 2.06 bits per heavy atom. The second kappa shape index (κ2) is 7.20. The Morgan fingerprint density at radius 1 is 1.41 bits per heavy atom. The normalized spacial score (nSPS) is 11.2. The van der Waals surface area contributed by atoms with E-state index >= 15 is 0 Å². The predicted molar refractivity (Wildman–Crippen MR) is 71.4 cm³/mol. The van der Waals surface area contributed by atoms with Crippen LogP contribution in [0.3, 0.4) is 0 Å². The number of nitrogens with zero attached hydrogens (tertiary/aromatic N) is 3. The summed E-state index contributed by atoms with van der Waals surface area (Å²) in [6, 6.07) is 0. The van der Waals surface area contributed by atoms with E-state index in [1.807, 2.05) is 18.7 Å². The molecule has 6 nitrogen and oxygen atoms in total. The molecule has 9 heteroatoms. The second-order valence-electron chi connectivity index (χ2n) is 3.47. The fourth-order valence-electron chi connectivity index (χ4n) is 1.07. The average molecular weight is 301 g/mol. The molecule has 0 bridgehead atoms. The Balaban J connectivity index is 0.00000256. The largest absolute Gasteiger partial charge is 0.313 e. The lowest BCUT2D eigenvalue weighted by atomic mass is 10.6. The first-order valence-corrected chi connectivity index (χ1v) is 7.82. The van der Waals surface area contributed by atoms with Gasteiger partial charge in [0.2, 0.25) is 0 Å². The number of halogens is 1. The van der Waals surface area contributed by atoms with Gasteiger partial charge in [0.1, 0.15) is 15.7 Å². The quantitative estimate of drug-likeness (QED) is 0.751. The molecule has 0 fully saturated rings. The van der Waals surface area contributed by atoms with Crippen LogP contribution in [0, 0.1) is 0 Å². The summed E-state index contributed by atoms with van der Waals surface area (Å²) in [5.74, 6) is 1.50. The maximum absolute atomic E-state index is 10.9. The molecule has 1 aromatic rings. The van der Waals surface area contributed by atoms with Crippen LogP contribution < -0.4 is 5.32 Å². The van der Waals surface area contributed by atoms with E-state index in [2.05, 4.69) is 15.5 Å². The molecule has 0 aliphatic rings. The molecule has 0 amide bonds. The van der Waals surface area contributed by atoms with Gasteiger partial charge in [-0.3, -0.25) is 0 Å². The van der Waals surface area contributed by atoms with E-state index in [1.54, 1.807) is 0 Å². The van der Waals surface area contributed by atoms with Crippen LogP contribution in [-0.4, -0.2) is 48.0 Å². The highest BCUT2D eigenvalue weighted by atomic mass is 35.5. The van der Waals surface area contributed by atoms with Crippen LogP contribution in [0.5, 0.6) is 0 Å². The highest BCUT2D eigenvalue weighted by Crippen LogP contribution is 2.15. The van der Waals surface area contributed by atoms with Gasteiger partial charge in [0.05, 0.1) is 12.3 Å². The molecular formula is C8H17ClN4O2S2. The summed E-state index contributed by atoms with van der Waals surface area (Å²) in [7, 11) is 0.808. The first kappa shape index (κ1) is 16.7. The van der Waals surface area contributed by atoms with Gasteiger partial charge in [-0.2, -0.15) is 0 Å². The van der Waals surface area contributed by atoms with Crippen LogP contribution in [0.1, 0.15) is 5.82 Å². The number of rotatable bonds is 6. The number of nitrogens with one attached hydrogen (secondary N) is 1. The van der Waals surface area contributed by atoms with Crippen molar-refractivity contribution in [1.82, 2.24) is 20.1 Å². The molecule has 1 N–H and O–H groups in total. The molecule has 1 rings (SSSR count). The minimum atomic E-state index is -2.90. The van der Waals surface area contributed by atoms with Gasteiger partial charge in [-0.15, -0.1) is 22.6 Å². The zero-order valence-corrected chi connectivity index (χ0v) is 12.5. The van der Waals surface area contributed by atoms with E-state index in [1.165, 1.54) is 18.0 Å². The van der Waals surface area contributed by atoms with Crippen LogP contribution in [0.4, 0.5) is 0 Å². The highest BCUT2D eigenvalue weighted by molar-refractivity contribution is 8.00. The molecule has 0 aliphatic heterocycles. The molecule has 1 heterocycles. The van der Waals surface area contributed by atoms with Crippen LogP contribution >= 0.6 is 24.2 Å². The molecule has 0 saturated heterocycles. The molecule has 0 aliphatic carbocycles. The second-order valence-corrected chi connectivity index (χ2v) is 6.79. The van der Waals surface area contributed by atoms with Crippen molar-refractivity contribution in [3.63, 3.8) is 0 Å². The minimum Gasteiger partial charge on any atom is -0.313 e. The molecule has 1 aromatic heterocycles. The van der Waals surface area contributed by atoms with Crippen molar-refractivity contribution >= 4 is 34.0 Å². The van der Waals surface area contributed by atoms with Crippen molar-refractivity contribution in [1.29, 1.82) is 0 Å². The SMILES string of the molecule is CNCc1nnc(SCCS(C)(=O)=O)n1C.Cl. The lowest BCUT2D eigenvalue weighted by molar-refractivity contribution is 0.603. The predicted octanol–water partition coefficient (Wildman–Crippen LogP) is 0.0930. The van der Waals surface area contributed by atoms with Gasteiger partial charge < -0.3 is 9.88 Å². The van der Waals surface area contributed by atoms with Crippen molar-refractivity contribution in [3.05, 3.63) is 5.82 Å². The van der Waals surface area contributed by atoms with Crippen molar-refractivity contribution in [3.8, 4) is 0 Å². The Labute approximate surface area is 112 Å². The summed E-state index contributed by atoms with van der Waals surface area (Å²) in [6.45, 7) is 0.649. The van der Waals surface area contributed by atoms with Crippen molar-refractivity contribution in [2.45, 2.75) is 11.7 Å². The van der Waals surface area contributed by atoms with E-state index in [4.69, 9.17) is 0 Å². The van der Waals surface area contributed by atoms with Crippen LogP contribution in [0.2, 0.25) is 0 Å². The molecule has 0 saturated carbocycles. The summed E-state index contributed by atoms with van der Waals surface area (Å²) >= 11 is 1.40. The van der Waals surface area contributed by atoms with E-state index in [-0.39, 0.29) is 18.2 Å². The summed E-state index contributed by atoms with van der Waals surface area (Å²) in [6.07, 6.45) is 1.23. The van der Waals surface area contributed by atoms with Gasteiger partial charge in [0.15, 0.2) is 5.16 Å². The maximum atomic E-state index is 10.9. The summed E-state index contributed by atoms with van der Waals surface area (Å²) in [5.41, 5.74) is 0. The molecule has 17 heavy (non-hydrogen) atoms. The molecular weight excluding hydrogens is 284 g/mol. The minimum absolute atomic E-state index is 0. The monoisotopic (exact) mass is 300 g/mol. The summed E-state index contributed by atoms with van der Waals surface area (Å²) in [4.78, 5) is 0. The fraction of sp³-hybridized carbons (Fsp3) is 0.750. The Hall–Kier alpha value is -0.310. The van der Waals surface area contributed by atoms with Crippen molar-refractivity contribution in [2.75, 3.05) is 24.8 Å². The smallest absolute Gasteiger partial charge is 0.191 e. The Bertz CT molecular complexity index is 446. The molecule has 100 valence electrons.